The van der Waals surface area contributed by atoms with E-state index in [0.29, 0.717) is 12.1 Å². The molecule has 17 heavy (non-hydrogen) atoms. The second kappa shape index (κ2) is 3.03. The summed E-state index contributed by atoms with van der Waals surface area (Å²) in [4.78, 5) is 14.6. The summed E-state index contributed by atoms with van der Waals surface area (Å²) in [6.07, 6.45) is 5.34. The van der Waals surface area contributed by atoms with Crippen molar-refractivity contribution in [3.8, 4) is 0 Å². The Kier molecular flexibility index (Phi) is 1.69. The minimum absolute atomic E-state index is 0.0266. The van der Waals surface area contributed by atoms with Crippen molar-refractivity contribution in [2.45, 2.75) is 25.3 Å². The first-order valence-electron chi connectivity index (χ1n) is 6.19. The van der Waals surface area contributed by atoms with Gasteiger partial charge in [0, 0.05) is 6.04 Å². The fourth-order valence-electron chi connectivity index (χ4n) is 4.10. The van der Waals surface area contributed by atoms with Gasteiger partial charge in [-0.15, -0.1) is 0 Å². The Morgan fingerprint density at radius 2 is 2.12 bits per heavy atom. The number of aromatic carboxylic acids is 1. The van der Waals surface area contributed by atoms with Gasteiger partial charge < -0.3 is 14.8 Å². The Hall–Kier alpha value is -1.52. The molecule has 3 fully saturated rings. The van der Waals surface area contributed by atoms with Crippen LogP contribution in [0.4, 0.5) is 6.01 Å². The van der Waals surface area contributed by atoms with Crippen molar-refractivity contribution in [2.24, 2.45) is 23.7 Å². The summed E-state index contributed by atoms with van der Waals surface area (Å²) in [5, 5.41) is 12.0. The lowest BCUT2D eigenvalue weighted by atomic mass is 10.0. The third-order valence-corrected chi connectivity index (χ3v) is 4.75. The van der Waals surface area contributed by atoms with Crippen LogP contribution < -0.4 is 5.32 Å². The lowest BCUT2D eigenvalue weighted by molar-refractivity contribution is 0.0690. The smallest absolute Gasteiger partial charge is 0.357 e. The fraction of sp³-hybridized carbons (Fsp3) is 0.667. The second-order valence-corrected chi connectivity index (χ2v) is 5.50. The number of carboxylic acids is 1. The topological polar surface area (TPSA) is 75.4 Å². The third-order valence-electron chi connectivity index (χ3n) is 4.75. The van der Waals surface area contributed by atoms with Crippen molar-refractivity contribution < 1.29 is 14.3 Å². The SMILES string of the molecule is O=C(O)c1coc(NC2C3C4CCC(C4)C23)n1. The predicted octanol–water partition coefficient (Wildman–Crippen LogP) is 1.83. The number of anilines is 1. The van der Waals surface area contributed by atoms with Crippen molar-refractivity contribution >= 4 is 12.0 Å². The monoisotopic (exact) mass is 234 g/mol. The van der Waals surface area contributed by atoms with Crippen LogP contribution in [0, 0.1) is 23.7 Å². The van der Waals surface area contributed by atoms with Gasteiger partial charge in [0.05, 0.1) is 0 Å². The van der Waals surface area contributed by atoms with Crippen LogP contribution in [-0.2, 0) is 0 Å². The van der Waals surface area contributed by atoms with E-state index in [9.17, 15) is 4.79 Å². The highest BCUT2D eigenvalue weighted by Gasteiger charge is 2.65. The van der Waals surface area contributed by atoms with Gasteiger partial charge in [-0.3, -0.25) is 0 Å². The maximum atomic E-state index is 10.7. The molecule has 0 radical (unpaired) electrons. The molecule has 2 bridgehead atoms. The van der Waals surface area contributed by atoms with Crippen molar-refractivity contribution in [1.82, 2.24) is 4.98 Å². The van der Waals surface area contributed by atoms with Crippen LogP contribution in [0.5, 0.6) is 0 Å². The summed E-state index contributed by atoms with van der Waals surface area (Å²) in [5.41, 5.74) is -0.0266. The molecule has 1 aromatic heterocycles. The number of carbonyl (C=O) groups is 1. The van der Waals surface area contributed by atoms with Gasteiger partial charge in [-0.2, -0.15) is 4.98 Å². The maximum Gasteiger partial charge on any atom is 0.357 e. The number of hydrogen-bond acceptors (Lipinski definition) is 4. The Morgan fingerprint density at radius 3 is 2.71 bits per heavy atom. The normalized spacial score (nSPS) is 41.3. The van der Waals surface area contributed by atoms with Gasteiger partial charge in [-0.1, -0.05) is 0 Å². The Morgan fingerprint density at radius 1 is 1.41 bits per heavy atom. The summed E-state index contributed by atoms with van der Waals surface area (Å²) >= 11 is 0. The van der Waals surface area contributed by atoms with Crippen molar-refractivity contribution in [1.29, 1.82) is 0 Å². The van der Waals surface area contributed by atoms with Gasteiger partial charge in [0.2, 0.25) is 0 Å². The number of rotatable bonds is 3. The fourth-order valence-corrected chi connectivity index (χ4v) is 4.10. The van der Waals surface area contributed by atoms with E-state index in [4.69, 9.17) is 9.52 Å². The van der Waals surface area contributed by atoms with Gasteiger partial charge in [0.1, 0.15) is 6.26 Å². The van der Waals surface area contributed by atoms with Crippen molar-refractivity contribution in [3.05, 3.63) is 12.0 Å². The Balaban J connectivity index is 1.47. The average Bonchev–Trinajstić information content (AvgIpc) is 2.76. The molecular weight excluding hydrogens is 220 g/mol. The summed E-state index contributed by atoms with van der Waals surface area (Å²) < 4.78 is 5.13. The molecule has 4 atom stereocenters. The van der Waals surface area contributed by atoms with E-state index in [-0.39, 0.29) is 5.69 Å². The molecule has 4 unspecified atom stereocenters. The zero-order valence-corrected chi connectivity index (χ0v) is 9.30. The largest absolute Gasteiger partial charge is 0.476 e. The third kappa shape index (κ3) is 1.25. The van der Waals surface area contributed by atoms with Crippen LogP contribution in [0.1, 0.15) is 29.8 Å². The lowest BCUT2D eigenvalue weighted by Crippen LogP contribution is -2.13. The minimum Gasteiger partial charge on any atom is -0.476 e. The first-order chi connectivity index (χ1) is 8.24. The highest BCUT2D eigenvalue weighted by atomic mass is 16.4. The first kappa shape index (κ1) is 9.50. The molecule has 0 spiro atoms. The van der Waals surface area contributed by atoms with Crippen LogP contribution in [-0.4, -0.2) is 22.1 Å². The standard InChI is InChI=1S/C12H14N2O3/c15-11(16)7-4-17-12(13-7)14-10-8-5-1-2-6(3-5)9(8)10/h4-6,8-10H,1-3H2,(H,13,14)(H,15,16). The molecule has 3 saturated carbocycles. The summed E-state index contributed by atoms with van der Waals surface area (Å²) in [5.74, 6) is 2.30. The van der Waals surface area contributed by atoms with Crippen LogP contribution in [0.25, 0.3) is 0 Å². The van der Waals surface area contributed by atoms with E-state index < -0.39 is 5.97 Å². The Bertz CT molecular complexity index is 468. The molecular formula is C12H14N2O3. The van der Waals surface area contributed by atoms with Crippen LogP contribution in [0.2, 0.25) is 0 Å². The van der Waals surface area contributed by atoms with Crippen LogP contribution in [0.15, 0.2) is 10.7 Å². The molecule has 4 rings (SSSR count). The zero-order valence-electron chi connectivity index (χ0n) is 9.30. The summed E-state index contributed by atoms with van der Waals surface area (Å²) in [6.45, 7) is 0. The first-order valence-corrected chi connectivity index (χ1v) is 6.19. The quantitative estimate of drug-likeness (QED) is 0.834. The molecule has 2 N–H and O–H groups in total. The predicted molar refractivity (Wildman–Crippen MR) is 58.7 cm³/mol. The van der Waals surface area contributed by atoms with Gasteiger partial charge in [0.25, 0.3) is 6.01 Å². The molecule has 3 aliphatic carbocycles. The van der Waals surface area contributed by atoms with E-state index in [1.807, 2.05) is 0 Å². The highest BCUT2D eigenvalue weighted by Crippen LogP contribution is 2.66. The van der Waals surface area contributed by atoms with Crippen LogP contribution >= 0.6 is 0 Å². The molecule has 0 aromatic carbocycles. The number of fused-ring (bicyclic) bond motifs is 5. The van der Waals surface area contributed by atoms with E-state index in [0.717, 1.165) is 23.7 Å². The lowest BCUT2D eigenvalue weighted by Gasteiger charge is -2.08. The Labute approximate surface area is 98.2 Å². The number of oxazole rings is 1. The molecule has 5 heteroatoms. The van der Waals surface area contributed by atoms with Crippen LogP contribution in [0.3, 0.4) is 0 Å². The van der Waals surface area contributed by atoms with E-state index in [1.165, 1.54) is 25.5 Å². The van der Waals surface area contributed by atoms with E-state index in [1.54, 1.807) is 0 Å². The van der Waals surface area contributed by atoms with E-state index in [2.05, 4.69) is 10.3 Å². The van der Waals surface area contributed by atoms with Gasteiger partial charge >= 0.3 is 5.97 Å². The molecule has 0 amide bonds. The number of aromatic nitrogens is 1. The number of nitrogens with one attached hydrogen (secondary N) is 1. The molecule has 0 aliphatic heterocycles. The minimum atomic E-state index is -1.04. The molecule has 90 valence electrons. The number of hydrogen-bond donors (Lipinski definition) is 2. The van der Waals surface area contributed by atoms with Crippen molar-refractivity contribution in [2.75, 3.05) is 5.32 Å². The van der Waals surface area contributed by atoms with Gasteiger partial charge in [-0.25, -0.2) is 4.79 Å². The van der Waals surface area contributed by atoms with E-state index >= 15 is 0 Å². The number of nitrogens with zero attached hydrogens (tertiary/aromatic N) is 1. The number of carboxylic acid groups (broad SMARTS) is 1. The molecule has 1 aromatic rings. The molecule has 3 aliphatic rings. The van der Waals surface area contributed by atoms with Gasteiger partial charge in [0.15, 0.2) is 5.69 Å². The summed E-state index contributed by atoms with van der Waals surface area (Å²) in [7, 11) is 0. The maximum absolute atomic E-state index is 10.7. The molecule has 0 saturated heterocycles. The van der Waals surface area contributed by atoms with Crippen molar-refractivity contribution in [3.63, 3.8) is 0 Å². The zero-order chi connectivity index (χ0) is 11.6. The average molecular weight is 234 g/mol. The second-order valence-electron chi connectivity index (χ2n) is 5.50. The molecule has 5 nitrogen and oxygen atoms in total. The summed E-state index contributed by atoms with van der Waals surface area (Å²) in [6, 6.07) is 0.836. The molecule has 1 heterocycles. The highest BCUT2D eigenvalue weighted by molar-refractivity contribution is 5.85. The van der Waals surface area contributed by atoms with Gasteiger partial charge in [-0.05, 0) is 42.9 Å².